The molecule has 0 radical (unpaired) electrons. The van der Waals surface area contributed by atoms with Gasteiger partial charge in [-0.15, -0.1) is 0 Å². The van der Waals surface area contributed by atoms with Gasteiger partial charge in [0.05, 0.1) is 11.7 Å². The third-order valence-corrected chi connectivity index (χ3v) is 2.59. The van der Waals surface area contributed by atoms with Gasteiger partial charge >= 0.3 is 0 Å². The van der Waals surface area contributed by atoms with Crippen LogP contribution in [0.3, 0.4) is 0 Å². The Bertz CT molecular complexity index is 404. The summed E-state index contributed by atoms with van der Waals surface area (Å²) in [6.45, 7) is 8.43. The molecule has 1 unspecified atom stereocenters. The Morgan fingerprint density at radius 2 is 2.13 bits per heavy atom. The van der Waals surface area contributed by atoms with Crippen LogP contribution < -0.4 is 0 Å². The van der Waals surface area contributed by atoms with Gasteiger partial charge in [-0.3, -0.25) is 0 Å². The first kappa shape index (κ1) is 11.8. The number of hydrogen-bond donors (Lipinski definition) is 0. The summed E-state index contributed by atoms with van der Waals surface area (Å²) in [6, 6.07) is 6.31. The molecule has 2 rings (SSSR count). The van der Waals surface area contributed by atoms with E-state index in [0.717, 1.165) is 0 Å². The molecular formula is C13H20N2. The van der Waals surface area contributed by atoms with Crippen molar-refractivity contribution in [3.8, 4) is 0 Å². The molecule has 0 saturated carbocycles. The molecular weight excluding hydrogens is 184 g/mol. The van der Waals surface area contributed by atoms with Crippen LogP contribution in [0.25, 0.3) is 5.52 Å². The van der Waals surface area contributed by atoms with Crippen LogP contribution in [0.4, 0.5) is 0 Å². The summed E-state index contributed by atoms with van der Waals surface area (Å²) < 4.78 is 1.89. The number of aromatic nitrogens is 2. The summed E-state index contributed by atoms with van der Waals surface area (Å²) in [5.41, 5.74) is 2.51. The Balaban J connectivity index is 0.000000531. The number of nitrogens with zero attached hydrogens (tertiary/aromatic N) is 2. The van der Waals surface area contributed by atoms with Gasteiger partial charge < -0.3 is 0 Å². The highest BCUT2D eigenvalue weighted by Gasteiger charge is 2.03. The maximum atomic E-state index is 4.33. The highest BCUT2D eigenvalue weighted by molar-refractivity contribution is 5.48. The van der Waals surface area contributed by atoms with Crippen LogP contribution in [-0.2, 0) is 0 Å². The first-order chi connectivity index (χ1) is 7.31. The van der Waals surface area contributed by atoms with Gasteiger partial charge in [-0.25, -0.2) is 4.52 Å². The van der Waals surface area contributed by atoms with Crippen molar-refractivity contribution in [2.24, 2.45) is 0 Å². The van der Waals surface area contributed by atoms with Gasteiger partial charge in [0.15, 0.2) is 0 Å². The van der Waals surface area contributed by atoms with Crippen molar-refractivity contribution in [3.63, 3.8) is 0 Å². The minimum atomic E-state index is 0.604. The van der Waals surface area contributed by atoms with Crippen molar-refractivity contribution >= 4 is 5.52 Å². The molecule has 0 spiro atoms. The largest absolute Gasteiger partial charge is 0.241 e. The molecule has 15 heavy (non-hydrogen) atoms. The van der Waals surface area contributed by atoms with E-state index >= 15 is 0 Å². The fourth-order valence-corrected chi connectivity index (χ4v) is 1.45. The molecule has 2 heteroatoms. The van der Waals surface area contributed by atoms with E-state index in [9.17, 15) is 0 Å². The average molecular weight is 204 g/mol. The van der Waals surface area contributed by atoms with E-state index in [4.69, 9.17) is 0 Å². The van der Waals surface area contributed by atoms with Crippen LogP contribution in [0.5, 0.6) is 0 Å². The molecule has 2 nitrogen and oxygen atoms in total. The Morgan fingerprint density at radius 1 is 1.40 bits per heavy atom. The lowest BCUT2D eigenvalue weighted by Gasteiger charge is -2.07. The molecule has 2 heterocycles. The third-order valence-electron chi connectivity index (χ3n) is 2.59. The average Bonchev–Trinajstić information content (AvgIpc) is 2.77. The third kappa shape index (κ3) is 2.58. The lowest BCUT2D eigenvalue weighted by molar-refractivity contribution is 0.723. The van der Waals surface area contributed by atoms with Gasteiger partial charge in [0, 0.05) is 6.20 Å². The zero-order chi connectivity index (χ0) is 11.3. The summed E-state index contributed by atoms with van der Waals surface area (Å²) in [5, 5.41) is 4.33. The zero-order valence-corrected chi connectivity index (χ0v) is 10.1. The van der Waals surface area contributed by atoms with E-state index in [1.807, 2.05) is 36.8 Å². The van der Waals surface area contributed by atoms with Crippen LogP contribution >= 0.6 is 0 Å². The van der Waals surface area contributed by atoms with Crippen molar-refractivity contribution in [1.82, 2.24) is 9.61 Å². The topological polar surface area (TPSA) is 17.3 Å². The molecule has 2 aromatic heterocycles. The van der Waals surface area contributed by atoms with Crippen LogP contribution in [0.15, 0.2) is 30.6 Å². The summed E-state index contributed by atoms with van der Waals surface area (Å²) in [6.07, 6.45) is 5.09. The highest BCUT2D eigenvalue weighted by atomic mass is 15.2. The SMILES string of the molecule is CC.CCC(C)c1cnn2cccc2c1. The zero-order valence-electron chi connectivity index (χ0n) is 10.1. The van der Waals surface area contributed by atoms with E-state index in [0.29, 0.717) is 5.92 Å². The minimum absolute atomic E-state index is 0.604. The molecule has 0 saturated heterocycles. The lowest BCUT2D eigenvalue weighted by atomic mass is 10.0. The maximum Gasteiger partial charge on any atom is 0.0649 e. The molecule has 0 aliphatic carbocycles. The molecule has 0 fully saturated rings. The second kappa shape index (κ2) is 5.54. The monoisotopic (exact) mass is 204 g/mol. The molecule has 0 amide bonds. The number of hydrogen-bond acceptors (Lipinski definition) is 1. The standard InChI is InChI=1S/C11H14N2.C2H6/c1-3-9(2)10-7-11-5-4-6-13(11)12-8-10;1-2/h4-9H,3H2,1-2H3;1-2H3. The molecule has 82 valence electrons. The fraction of sp³-hybridized carbons (Fsp3) is 0.462. The van der Waals surface area contributed by atoms with Crippen LogP contribution in [0.2, 0.25) is 0 Å². The van der Waals surface area contributed by atoms with E-state index < -0.39 is 0 Å². The summed E-state index contributed by atoms with van der Waals surface area (Å²) in [7, 11) is 0. The van der Waals surface area contributed by atoms with Crippen molar-refractivity contribution in [1.29, 1.82) is 0 Å². The predicted molar refractivity (Wildman–Crippen MR) is 65.2 cm³/mol. The number of rotatable bonds is 2. The lowest BCUT2D eigenvalue weighted by Crippen LogP contribution is -1.96. The van der Waals surface area contributed by atoms with Crippen molar-refractivity contribution in [3.05, 3.63) is 36.2 Å². The van der Waals surface area contributed by atoms with E-state index in [-0.39, 0.29) is 0 Å². The Hall–Kier alpha value is -1.31. The second-order valence-electron chi connectivity index (χ2n) is 3.48. The van der Waals surface area contributed by atoms with E-state index in [1.54, 1.807) is 0 Å². The fourth-order valence-electron chi connectivity index (χ4n) is 1.45. The summed E-state index contributed by atoms with van der Waals surface area (Å²) in [4.78, 5) is 0. The molecule has 0 bridgehead atoms. The van der Waals surface area contributed by atoms with Gasteiger partial charge in [-0.1, -0.05) is 27.7 Å². The maximum absolute atomic E-state index is 4.33. The van der Waals surface area contributed by atoms with E-state index in [1.165, 1.54) is 17.5 Å². The van der Waals surface area contributed by atoms with Crippen LogP contribution in [-0.4, -0.2) is 9.61 Å². The molecule has 0 aliphatic heterocycles. The Kier molecular flexibility index (Phi) is 4.35. The van der Waals surface area contributed by atoms with Crippen molar-refractivity contribution in [2.45, 2.75) is 40.0 Å². The summed E-state index contributed by atoms with van der Waals surface area (Å²) >= 11 is 0. The van der Waals surface area contributed by atoms with Crippen LogP contribution in [0, 0.1) is 0 Å². The van der Waals surface area contributed by atoms with Gasteiger partial charge in [0.1, 0.15) is 0 Å². The molecule has 0 N–H and O–H groups in total. The Labute approximate surface area is 91.9 Å². The number of fused-ring (bicyclic) bond motifs is 1. The Morgan fingerprint density at radius 3 is 2.80 bits per heavy atom. The molecule has 1 atom stereocenters. The van der Waals surface area contributed by atoms with Gasteiger partial charge in [-0.2, -0.15) is 5.10 Å². The predicted octanol–water partition coefficient (Wildman–Crippen LogP) is 3.87. The second-order valence-corrected chi connectivity index (χ2v) is 3.48. The minimum Gasteiger partial charge on any atom is -0.241 e. The smallest absolute Gasteiger partial charge is 0.0649 e. The normalized spacial score (nSPS) is 12.0. The molecule has 2 aromatic rings. The van der Waals surface area contributed by atoms with Gasteiger partial charge in [0.25, 0.3) is 0 Å². The first-order valence-corrected chi connectivity index (χ1v) is 5.74. The van der Waals surface area contributed by atoms with Gasteiger partial charge in [0.2, 0.25) is 0 Å². The molecule has 0 aliphatic rings. The molecule has 0 aromatic carbocycles. The van der Waals surface area contributed by atoms with E-state index in [2.05, 4.69) is 31.1 Å². The highest BCUT2D eigenvalue weighted by Crippen LogP contribution is 2.18. The summed E-state index contributed by atoms with van der Waals surface area (Å²) in [5.74, 6) is 0.604. The quantitative estimate of drug-likeness (QED) is 0.725. The van der Waals surface area contributed by atoms with Crippen molar-refractivity contribution < 1.29 is 0 Å². The first-order valence-electron chi connectivity index (χ1n) is 5.74. The van der Waals surface area contributed by atoms with Crippen LogP contribution in [0.1, 0.15) is 45.6 Å². The van der Waals surface area contributed by atoms with Crippen molar-refractivity contribution in [2.75, 3.05) is 0 Å². The van der Waals surface area contributed by atoms with Gasteiger partial charge in [-0.05, 0) is 36.1 Å².